The van der Waals surface area contributed by atoms with Gasteiger partial charge in [-0.2, -0.15) is 0 Å². The minimum atomic E-state index is 0.0972. The summed E-state index contributed by atoms with van der Waals surface area (Å²) in [5.41, 5.74) is 2.02. The molecule has 3 heterocycles. The van der Waals surface area contributed by atoms with E-state index < -0.39 is 0 Å². The summed E-state index contributed by atoms with van der Waals surface area (Å²) in [7, 11) is 0. The van der Waals surface area contributed by atoms with Gasteiger partial charge in [-0.05, 0) is 50.5 Å². The van der Waals surface area contributed by atoms with E-state index in [-0.39, 0.29) is 5.91 Å². The van der Waals surface area contributed by atoms with Crippen molar-refractivity contribution < 1.29 is 4.79 Å². The first kappa shape index (κ1) is 19.0. The first-order chi connectivity index (χ1) is 14.0. The number of benzene rings is 1. The second-order valence-electron chi connectivity index (χ2n) is 7.93. The van der Waals surface area contributed by atoms with Gasteiger partial charge in [-0.3, -0.25) is 4.79 Å². The predicted molar refractivity (Wildman–Crippen MR) is 121 cm³/mol. The Labute approximate surface area is 182 Å². The van der Waals surface area contributed by atoms with Gasteiger partial charge in [0.2, 0.25) is 0 Å². The van der Waals surface area contributed by atoms with Crippen LogP contribution in [-0.2, 0) is 0 Å². The van der Waals surface area contributed by atoms with Crippen molar-refractivity contribution in [3.63, 3.8) is 0 Å². The number of carbonyl (C=O) groups excluding carboxylic acids is 1. The maximum Gasteiger partial charge on any atom is 0.254 e. The fourth-order valence-electron chi connectivity index (χ4n) is 3.92. The third-order valence-electron chi connectivity index (χ3n) is 5.91. The monoisotopic (exact) mass is 470 g/mol. The summed E-state index contributed by atoms with van der Waals surface area (Å²) < 4.78 is 0.932. The summed E-state index contributed by atoms with van der Waals surface area (Å²) in [6.45, 7) is 7.34. The largest absolute Gasteiger partial charge is 0.352 e. The van der Waals surface area contributed by atoms with E-state index in [0.29, 0.717) is 19.0 Å². The normalized spacial score (nSPS) is 17.2. The first-order valence-corrected chi connectivity index (χ1v) is 11.7. The fraction of sp³-hybridized carbons (Fsp3) is 0.409. The SMILES string of the molecule is Cc1sc2nc(C3CC3)nc(N3CCN(C(=O)c4cccc(Br)c4)CC3)c2c1C. The number of rotatable bonds is 3. The molecule has 1 aromatic carbocycles. The number of thiophene rings is 1. The average molecular weight is 471 g/mol. The molecular formula is C22H23BrN4OS. The Bertz CT molecular complexity index is 1100. The topological polar surface area (TPSA) is 49.3 Å². The van der Waals surface area contributed by atoms with Crippen molar-refractivity contribution in [2.24, 2.45) is 0 Å². The van der Waals surface area contributed by atoms with Gasteiger partial charge in [-0.25, -0.2) is 9.97 Å². The zero-order valence-corrected chi connectivity index (χ0v) is 19.0. The lowest BCUT2D eigenvalue weighted by atomic mass is 10.1. The van der Waals surface area contributed by atoms with Crippen LogP contribution < -0.4 is 4.90 Å². The maximum atomic E-state index is 12.9. The number of piperazine rings is 1. The highest BCUT2D eigenvalue weighted by molar-refractivity contribution is 9.10. The zero-order valence-electron chi connectivity index (χ0n) is 16.6. The van der Waals surface area contributed by atoms with E-state index >= 15 is 0 Å². The van der Waals surface area contributed by atoms with E-state index in [0.717, 1.165) is 39.6 Å². The van der Waals surface area contributed by atoms with Crippen LogP contribution in [0.3, 0.4) is 0 Å². The van der Waals surface area contributed by atoms with E-state index in [1.54, 1.807) is 11.3 Å². The van der Waals surface area contributed by atoms with Crippen LogP contribution in [0.25, 0.3) is 10.2 Å². The summed E-state index contributed by atoms with van der Waals surface area (Å²) in [5, 5.41) is 1.20. The van der Waals surface area contributed by atoms with Gasteiger partial charge in [0.1, 0.15) is 16.5 Å². The van der Waals surface area contributed by atoms with Gasteiger partial charge in [0.15, 0.2) is 0 Å². The number of amides is 1. The van der Waals surface area contributed by atoms with Crippen molar-refractivity contribution in [3.05, 3.63) is 50.6 Å². The second kappa shape index (κ2) is 7.36. The quantitative estimate of drug-likeness (QED) is 0.545. The van der Waals surface area contributed by atoms with Crippen molar-refractivity contribution >= 4 is 49.2 Å². The van der Waals surface area contributed by atoms with Gasteiger partial charge in [-0.15, -0.1) is 11.3 Å². The van der Waals surface area contributed by atoms with Crippen molar-refractivity contribution in [2.75, 3.05) is 31.1 Å². The Morgan fingerprint density at radius 1 is 1.14 bits per heavy atom. The van der Waals surface area contributed by atoms with Gasteiger partial charge in [0.05, 0.1) is 5.39 Å². The van der Waals surface area contributed by atoms with Crippen LogP contribution in [0.5, 0.6) is 0 Å². The number of halogens is 1. The third-order valence-corrected chi connectivity index (χ3v) is 7.50. The minimum absolute atomic E-state index is 0.0972. The molecule has 1 aliphatic carbocycles. The molecule has 1 saturated carbocycles. The number of carbonyl (C=O) groups is 1. The van der Waals surface area contributed by atoms with Gasteiger partial charge in [0.25, 0.3) is 5.91 Å². The van der Waals surface area contributed by atoms with Crippen LogP contribution in [0.15, 0.2) is 28.7 Å². The zero-order chi connectivity index (χ0) is 20.1. The highest BCUT2D eigenvalue weighted by atomic mass is 79.9. The molecule has 1 amide bonds. The Morgan fingerprint density at radius 3 is 2.59 bits per heavy atom. The summed E-state index contributed by atoms with van der Waals surface area (Å²) in [6.07, 6.45) is 2.40. The summed E-state index contributed by atoms with van der Waals surface area (Å²) in [4.78, 5) is 29.5. The number of aryl methyl sites for hydroxylation is 2. The Kier molecular flexibility index (Phi) is 4.82. The maximum absolute atomic E-state index is 12.9. The highest BCUT2D eigenvalue weighted by Crippen LogP contribution is 2.42. The molecule has 0 bridgehead atoms. The number of hydrogen-bond donors (Lipinski definition) is 0. The molecule has 2 aliphatic rings. The summed E-state index contributed by atoms with van der Waals surface area (Å²) in [5.74, 6) is 2.69. The summed E-state index contributed by atoms with van der Waals surface area (Å²) >= 11 is 5.23. The van der Waals surface area contributed by atoms with E-state index in [1.165, 1.54) is 28.7 Å². The molecule has 0 radical (unpaired) electrons. The van der Waals surface area contributed by atoms with Crippen LogP contribution in [0, 0.1) is 13.8 Å². The molecule has 0 N–H and O–H groups in total. The molecule has 5 rings (SSSR count). The molecule has 5 nitrogen and oxygen atoms in total. The lowest BCUT2D eigenvalue weighted by Gasteiger charge is -2.36. The van der Waals surface area contributed by atoms with Crippen LogP contribution in [0.1, 0.15) is 45.4 Å². The molecule has 0 unspecified atom stereocenters. The van der Waals surface area contributed by atoms with Crippen molar-refractivity contribution in [1.29, 1.82) is 0 Å². The van der Waals surface area contributed by atoms with E-state index in [9.17, 15) is 4.79 Å². The lowest BCUT2D eigenvalue weighted by molar-refractivity contribution is 0.0746. The smallest absolute Gasteiger partial charge is 0.254 e. The van der Waals surface area contributed by atoms with Crippen LogP contribution in [-0.4, -0.2) is 47.0 Å². The molecule has 1 aliphatic heterocycles. The molecular weight excluding hydrogens is 448 g/mol. The minimum Gasteiger partial charge on any atom is -0.352 e. The van der Waals surface area contributed by atoms with Crippen molar-refractivity contribution in [2.45, 2.75) is 32.6 Å². The molecule has 29 heavy (non-hydrogen) atoms. The third kappa shape index (κ3) is 3.55. The van der Waals surface area contributed by atoms with Gasteiger partial charge < -0.3 is 9.80 Å². The molecule has 3 aromatic rings. The number of hydrogen-bond acceptors (Lipinski definition) is 5. The number of nitrogens with zero attached hydrogens (tertiary/aromatic N) is 4. The van der Waals surface area contributed by atoms with Gasteiger partial charge in [-0.1, -0.05) is 22.0 Å². The second-order valence-corrected chi connectivity index (χ2v) is 10.1. The Balaban J connectivity index is 1.40. The van der Waals surface area contributed by atoms with Crippen LogP contribution >= 0.6 is 27.3 Å². The molecule has 2 fully saturated rings. The molecule has 2 aromatic heterocycles. The highest BCUT2D eigenvalue weighted by Gasteiger charge is 2.31. The van der Waals surface area contributed by atoms with E-state index in [1.807, 2.05) is 29.2 Å². The molecule has 1 saturated heterocycles. The molecule has 7 heteroatoms. The lowest BCUT2D eigenvalue weighted by Crippen LogP contribution is -2.49. The first-order valence-electron chi connectivity index (χ1n) is 10.1. The van der Waals surface area contributed by atoms with Crippen molar-refractivity contribution in [1.82, 2.24) is 14.9 Å². The fourth-order valence-corrected chi connectivity index (χ4v) is 5.35. The van der Waals surface area contributed by atoms with Crippen LogP contribution in [0.2, 0.25) is 0 Å². The number of fused-ring (bicyclic) bond motifs is 1. The van der Waals surface area contributed by atoms with Crippen molar-refractivity contribution in [3.8, 4) is 0 Å². The predicted octanol–water partition coefficient (Wildman–Crippen LogP) is 4.91. The van der Waals surface area contributed by atoms with E-state index in [2.05, 4.69) is 34.7 Å². The average Bonchev–Trinajstić information content (AvgIpc) is 3.53. The molecule has 0 atom stereocenters. The standard InChI is InChI=1S/C22H23BrN4OS/c1-13-14(2)29-21-18(13)20(24-19(25-21)15-6-7-15)26-8-10-27(11-9-26)22(28)16-4-3-5-17(23)12-16/h3-5,12,15H,6-11H2,1-2H3. The Morgan fingerprint density at radius 2 is 1.90 bits per heavy atom. The number of anilines is 1. The van der Waals surface area contributed by atoms with Gasteiger partial charge in [0, 0.05) is 47.0 Å². The van der Waals surface area contributed by atoms with Gasteiger partial charge >= 0.3 is 0 Å². The van der Waals surface area contributed by atoms with E-state index in [4.69, 9.17) is 9.97 Å². The molecule has 0 spiro atoms. The number of aromatic nitrogens is 2. The Hall–Kier alpha value is -1.99. The summed E-state index contributed by atoms with van der Waals surface area (Å²) in [6, 6.07) is 7.62. The van der Waals surface area contributed by atoms with Crippen LogP contribution in [0.4, 0.5) is 5.82 Å². The molecule has 150 valence electrons.